The normalized spacial score (nSPS) is 11.2. The van der Waals surface area contributed by atoms with Gasteiger partial charge in [0.15, 0.2) is 0 Å². The molecular formula is C12H15F3N2O. The first-order valence-corrected chi connectivity index (χ1v) is 5.61. The molecule has 0 heterocycles. The van der Waals surface area contributed by atoms with E-state index >= 15 is 0 Å². The summed E-state index contributed by atoms with van der Waals surface area (Å²) in [5.74, 6) is -1.96. The SMILES string of the molecule is CCN(CC)c1ccc(NC(=O)C(F)(F)F)cc1. The Labute approximate surface area is 104 Å². The number of halogens is 3. The number of anilines is 2. The molecule has 3 nitrogen and oxygen atoms in total. The molecule has 1 rings (SSSR count). The first-order chi connectivity index (χ1) is 8.38. The van der Waals surface area contributed by atoms with E-state index in [0.29, 0.717) is 0 Å². The van der Waals surface area contributed by atoms with Crippen LogP contribution in [-0.4, -0.2) is 25.2 Å². The van der Waals surface area contributed by atoms with E-state index in [1.165, 1.54) is 12.1 Å². The van der Waals surface area contributed by atoms with E-state index in [-0.39, 0.29) is 5.69 Å². The Kier molecular flexibility index (Phi) is 4.58. The molecule has 100 valence electrons. The Morgan fingerprint density at radius 1 is 1.17 bits per heavy atom. The van der Waals surface area contributed by atoms with E-state index < -0.39 is 12.1 Å². The number of hydrogen-bond donors (Lipinski definition) is 1. The maximum atomic E-state index is 12.0. The van der Waals surface area contributed by atoms with E-state index in [0.717, 1.165) is 18.8 Å². The van der Waals surface area contributed by atoms with Crippen LogP contribution in [0.25, 0.3) is 0 Å². The molecule has 1 N–H and O–H groups in total. The van der Waals surface area contributed by atoms with Crippen LogP contribution in [0.3, 0.4) is 0 Å². The summed E-state index contributed by atoms with van der Waals surface area (Å²) in [6.45, 7) is 5.60. The van der Waals surface area contributed by atoms with Crippen molar-refractivity contribution in [3.05, 3.63) is 24.3 Å². The van der Waals surface area contributed by atoms with Crippen molar-refractivity contribution in [2.75, 3.05) is 23.3 Å². The molecule has 0 spiro atoms. The molecule has 18 heavy (non-hydrogen) atoms. The fourth-order valence-corrected chi connectivity index (χ4v) is 1.55. The summed E-state index contributed by atoms with van der Waals surface area (Å²) in [6, 6.07) is 6.27. The van der Waals surface area contributed by atoms with Crippen LogP contribution in [0.5, 0.6) is 0 Å². The van der Waals surface area contributed by atoms with Gasteiger partial charge in [0, 0.05) is 24.5 Å². The molecule has 0 fully saturated rings. The van der Waals surface area contributed by atoms with Gasteiger partial charge in [0.2, 0.25) is 0 Å². The van der Waals surface area contributed by atoms with Gasteiger partial charge in [0.1, 0.15) is 0 Å². The quantitative estimate of drug-likeness (QED) is 0.902. The predicted octanol–water partition coefficient (Wildman–Crippen LogP) is 3.03. The van der Waals surface area contributed by atoms with Crippen molar-refractivity contribution < 1.29 is 18.0 Å². The third kappa shape index (κ3) is 3.65. The summed E-state index contributed by atoms with van der Waals surface area (Å²) in [5.41, 5.74) is 1.04. The summed E-state index contributed by atoms with van der Waals surface area (Å²) in [5, 5.41) is 1.80. The van der Waals surface area contributed by atoms with Crippen LogP contribution in [0.2, 0.25) is 0 Å². The molecule has 0 radical (unpaired) electrons. The van der Waals surface area contributed by atoms with Crippen molar-refractivity contribution in [3.8, 4) is 0 Å². The lowest BCUT2D eigenvalue weighted by Gasteiger charge is -2.21. The monoisotopic (exact) mass is 260 g/mol. The zero-order valence-corrected chi connectivity index (χ0v) is 10.2. The Balaban J connectivity index is 2.75. The maximum Gasteiger partial charge on any atom is 0.471 e. The van der Waals surface area contributed by atoms with E-state index in [1.807, 2.05) is 13.8 Å². The first kappa shape index (κ1) is 14.3. The van der Waals surface area contributed by atoms with Crippen molar-refractivity contribution in [1.82, 2.24) is 0 Å². The Morgan fingerprint density at radius 3 is 2.06 bits per heavy atom. The lowest BCUT2D eigenvalue weighted by molar-refractivity contribution is -0.167. The van der Waals surface area contributed by atoms with Gasteiger partial charge in [-0.2, -0.15) is 13.2 Å². The highest BCUT2D eigenvalue weighted by atomic mass is 19.4. The van der Waals surface area contributed by atoms with E-state index in [2.05, 4.69) is 4.90 Å². The number of rotatable bonds is 4. The Morgan fingerprint density at radius 2 is 1.67 bits per heavy atom. The van der Waals surface area contributed by atoms with Crippen LogP contribution in [0.1, 0.15) is 13.8 Å². The molecule has 6 heteroatoms. The van der Waals surface area contributed by atoms with Gasteiger partial charge in [-0.1, -0.05) is 0 Å². The maximum absolute atomic E-state index is 12.0. The first-order valence-electron chi connectivity index (χ1n) is 5.61. The third-order valence-corrected chi connectivity index (χ3v) is 2.51. The van der Waals surface area contributed by atoms with Crippen LogP contribution in [-0.2, 0) is 4.79 Å². The molecule has 0 aliphatic carbocycles. The van der Waals surface area contributed by atoms with Crippen molar-refractivity contribution in [2.45, 2.75) is 20.0 Å². The number of nitrogens with one attached hydrogen (secondary N) is 1. The van der Waals surface area contributed by atoms with Crippen molar-refractivity contribution >= 4 is 17.3 Å². The molecular weight excluding hydrogens is 245 g/mol. The smallest absolute Gasteiger partial charge is 0.372 e. The highest BCUT2D eigenvalue weighted by Crippen LogP contribution is 2.21. The molecule has 0 aliphatic heterocycles. The van der Waals surface area contributed by atoms with Gasteiger partial charge in [-0.15, -0.1) is 0 Å². The number of amides is 1. The van der Waals surface area contributed by atoms with Crippen LogP contribution < -0.4 is 10.2 Å². The van der Waals surface area contributed by atoms with Crippen LogP contribution in [0, 0.1) is 0 Å². The topological polar surface area (TPSA) is 32.3 Å². The van der Waals surface area contributed by atoms with Gasteiger partial charge >= 0.3 is 12.1 Å². The van der Waals surface area contributed by atoms with Gasteiger partial charge in [0.05, 0.1) is 0 Å². The van der Waals surface area contributed by atoms with Crippen LogP contribution in [0.4, 0.5) is 24.5 Å². The summed E-state index contributed by atoms with van der Waals surface area (Å²) in [4.78, 5) is 12.8. The summed E-state index contributed by atoms with van der Waals surface area (Å²) in [7, 11) is 0. The van der Waals surface area contributed by atoms with Crippen molar-refractivity contribution in [2.24, 2.45) is 0 Å². The molecule has 0 aliphatic rings. The molecule has 1 aromatic rings. The Hall–Kier alpha value is -1.72. The molecule has 0 aromatic heterocycles. The minimum Gasteiger partial charge on any atom is -0.372 e. The molecule has 1 aromatic carbocycles. The molecule has 0 bridgehead atoms. The van der Waals surface area contributed by atoms with Gasteiger partial charge in [-0.05, 0) is 38.1 Å². The lowest BCUT2D eigenvalue weighted by Crippen LogP contribution is -2.29. The highest BCUT2D eigenvalue weighted by Gasteiger charge is 2.38. The van der Waals surface area contributed by atoms with Crippen LogP contribution >= 0.6 is 0 Å². The zero-order valence-electron chi connectivity index (χ0n) is 10.2. The number of alkyl halides is 3. The summed E-state index contributed by atoms with van der Waals surface area (Å²) >= 11 is 0. The average Bonchev–Trinajstić information content (AvgIpc) is 2.31. The number of nitrogens with zero attached hydrogens (tertiary/aromatic N) is 1. The van der Waals surface area contributed by atoms with Crippen molar-refractivity contribution in [3.63, 3.8) is 0 Å². The summed E-state index contributed by atoms with van der Waals surface area (Å²) < 4.78 is 36.1. The second-order valence-corrected chi connectivity index (χ2v) is 3.67. The highest BCUT2D eigenvalue weighted by molar-refractivity contribution is 5.95. The number of carbonyl (C=O) groups excluding carboxylic acids is 1. The largest absolute Gasteiger partial charge is 0.471 e. The Bertz CT molecular complexity index is 397. The zero-order chi connectivity index (χ0) is 13.8. The molecule has 1 amide bonds. The number of benzene rings is 1. The predicted molar refractivity (Wildman–Crippen MR) is 64.7 cm³/mol. The van der Waals surface area contributed by atoms with E-state index in [9.17, 15) is 18.0 Å². The molecule has 0 saturated heterocycles. The number of carbonyl (C=O) groups is 1. The minimum absolute atomic E-state index is 0.133. The van der Waals surface area contributed by atoms with Gasteiger partial charge in [-0.3, -0.25) is 4.79 Å². The summed E-state index contributed by atoms with van der Waals surface area (Å²) in [6.07, 6.45) is -4.86. The average molecular weight is 260 g/mol. The second-order valence-electron chi connectivity index (χ2n) is 3.67. The fraction of sp³-hybridized carbons (Fsp3) is 0.417. The molecule has 0 unspecified atom stereocenters. The molecule has 0 saturated carbocycles. The lowest BCUT2D eigenvalue weighted by atomic mass is 10.2. The van der Waals surface area contributed by atoms with Gasteiger partial charge in [0.25, 0.3) is 0 Å². The van der Waals surface area contributed by atoms with Crippen molar-refractivity contribution in [1.29, 1.82) is 0 Å². The van der Waals surface area contributed by atoms with E-state index in [4.69, 9.17) is 0 Å². The van der Waals surface area contributed by atoms with Crippen LogP contribution in [0.15, 0.2) is 24.3 Å². The standard InChI is InChI=1S/C12H15F3N2O/c1-3-17(4-2)10-7-5-9(6-8-10)16-11(18)12(13,14)15/h5-8H,3-4H2,1-2H3,(H,16,18). The van der Waals surface area contributed by atoms with Gasteiger partial charge in [-0.25, -0.2) is 0 Å². The fourth-order valence-electron chi connectivity index (χ4n) is 1.55. The second kappa shape index (κ2) is 5.75. The number of hydrogen-bond acceptors (Lipinski definition) is 2. The van der Waals surface area contributed by atoms with E-state index in [1.54, 1.807) is 17.4 Å². The molecule has 0 atom stereocenters. The third-order valence-electron chi connectivity index (χ3n) is 2.51. The van der Waals surface area contributed by atoms with Gasteiger partial charge < -0.3 is 10.2 Å². The minimum atomic E-state index is -4.86.